The minimum absolute atomic E-state index is 0.122. The second-order valence-corrected chi connectivity index (χ2v) is 6.62. The number of anilines is 1. The van der Waals surface area contributed by atoms with Gasteiger partial charge in [-0.05, 0) is 25.1 Å². The number of nitrogens with one attached hydrogen (secondary N) is 2. The third kappa shape index (κ3) is 3.63. The molecule has 0 saturated carbocycles. The van der Waals surface area contributed by atoms with E-state index >= 15 is 0 Å². The van der Waals surface area contributed by atoms with E-state index in [1.807, 2.05) is 32.2 Å². The first-order valence-corrected chi connectivity index (χ1v) is 9.07. The van der Waals surface area contributed by atoms with Gasteiger partial charge in [-0.15, -0.1) is 0 Å². The highest BCUT2D eigenvalue weighted by atomic mass is 16.5. The molecule has 0 unspecified atom stereocenters. The van der Waals surface area contributed by atoms with Crippen molar-refractivity contribution < 1.29 is 9.53 Å². The van der Waals surface area contributed by atoms with E-state index < -0.39 is 0 Å². The minimum Gasteiger partial charge on any atom is -0.378 e. The lowest BCUT2D eigenvalue weighted by Crippen LogP contribution is -2.37. The summed E-state index contributed by atoms with van der Waals surface area (Å²) in [4.78, 5) is 23.6. The van der Waals surface area contributed by atoms with Gasteiger partial charge in [-0.2, -0.15) is 5.10 Å². The highest BCUT2D eigenvalue weighted by molar-refractivity contribution is 5.97. The van der Waals surface area contributed by atoms with Crippen LogP contribution < -0.4 is 10.2 Å². The van der Waals surface area contributed by atoms with Crippen LogP contribution in [0.25, 0.3) is 11.0 Å². The van der Waals surface area contributed by atoms with Crippen molar-refractivity contribution in [2.45, 2.75) is 13.3 Å². The second kappa shape index (κ2) is 7.36. The maximum atomic E-state index is 12.5. The van der Waals surface area contributed by atoms with Crippen molar-refractivity contribution in [2.75, 3.05) is 37.7 Å². The molecular formula is C18H23N7O2. The highest BCUT2D eigenvalue weighted by Gasteiger charge is 2.18. The van der Waals surface area contributed by atoms with Crippen LogP contribution in [-0.2, 0) is 18.2 Å². The zero-order valence-corrected chi connectivity index (χ0v) is 15.5. The molecule has 9 heteroatoms. The van der Waals surface area contributed by atoms with Crippen LogP contribution in [0, 0.1) is 6.92 Å². The predicted molar refractivity (Wildman–Crippen MR) is 101 cm³/mol. The minimum atomic E-state index is -0.122. The SMILES string of the molecule is Cc1nc(CCNC(=O)c2ccc3c(c2)nc(N2CCOCC2)n3C)n[nH]1. The summed E-state index contributed by atoms with van der Waals surface area (Å²) < 4.78 is 7.48. The van der Waals surface area contributed by atoms with Crippen molar-refractivity contribution in [3.05, 3.63) is 35.4 Å². The first-order chi connectivity index (χ1) is 13.1. The number of rotatable bonds is 5. The number of carbonyl (C=O) groups excluding carboxylic acids is 1. The summed E-state index contributed by atoms with van der Waals surface area (Å²) in [5, 5.41) is 9.78. The summed E-state index contributed by atoms with van der Waals surface area (Å²) in [6, 6.07) is 5.62. The Morgan fingerprint density at radius 1 is 1.30 bits per heavy atom. The molecule has 0 spiro atoms. The number of benzene rings is 1. The standard InChI is InChI=1S/C18H23N7O2/c1-12-20-16(23-22-12)5-6-19-17(26)13-3-4-15-14(11-13)21-18(24(15)2)25-7-9-27-10-8-25/h3-4,11H,5-10H2,1-2H3,(H,19,26)(H,20,22,23). The van der Waals surface area contributed by atoms with Gasteiger partial charge in [0, 0.05) is 38.7 Å². The van der Waals surface area contributed by atoms with E-state index in [1.54, 1.807) is 0 Å². The van der Waals surface area contributed by atoms with Crippen LogP contribution in [0.5, 0.6) is 0 Å². The molecular weight excluding hydrogens is 346 g/mol. The predicted octanol–water partition coefficient (Wildman–Crippen LogP) is 0.809. The topological polar surface area (TPSA) is 101 Å². The van der Waals surface area contributed by atoms with E-state index in [2.05, 4.69) is 30.0 Å². The summed E-state index contributed by atoms with van der Waals surface area (Å²) in [6.45, 7) is 5.40. The maximum absolute atomic E-state index is 12.5. The van der Waals surface area contributed by atoms with Gasteiger partial charge in [0.1, 0.15) is 5.82 Å². The number of ether oxygens (including phenoxy) is 1. The van der Waals surface area contributed by atoms with Crippen LogP contribution in [0.3, 0.4) is 0 Å². The number of amides is 1. The molecule has 1 aromatic carbocycles. The van der Waals surface area contributed by atoms with Gasteiger partial charge in [-0.25, -0.2) is 9.97 Å². The Kier molecular flexibility index (Phi) is 4.76. The van der Waals surface area contributed by atoms with Crippen LogP contribution in [-0.4, -0.2) is 63.5 Å². The van der Waals surface area contributed by atoms with E-state index in [0.29, 0.717) is 37.6 Å². The fourth-order valence-electron chi connectivity index (χ4n) is 3.27. The third-order valence-electron chi connectivity index (χ3n) is 4.69. The van der Waals surface area contributed by atoms with Gasteiger partial charge in [0.25, 0.3) is 5.91 Å². The number of aromatic amines is 1. The van der Waals surface area contributed by atoms with Gasteiger partial charge >= 0.3 is 0 Å². The molecule has 3 aromatic rings. The Balaban J connectivity index is 1.46. The van der Waals surface area contributed by atoms with Gasteiger partial charge in [-0.3, -0.25) is 9.89 Å². The Morgan fingerprint density at radius 3 is 2.85 bits per heavy atom. The van der Waals surface area contributed by atoms with E-state index in [-0.39, 0.29) is 5.91 Å². The number of aromatic nitrogens is 5. The molecule has 2 aromatic heterocycles. The van der Waals surface area contributed by atoms with Crippen LogP contribution >= 0.6 is 0 Å². The average molecular weight is 369 g/mol. The second-order valence-electron chi connectivity index (χ2n) is 6.62. The lowest BCUT2D eigenvalue weighted by Gasteiger charge is -2.27. The number of carbonyl (C=O) groups is 1. The van der Waals surface area contributed by atoms with E-state index in [9.17, 15) is 4.79 Å². The zero-order valence-electron chi connectivity index (χ0n) is 15.5. The lowest BCUT2D eigenvalue weighted by atomic mass is 10.2. The van der Waals surface area contributed by atoms with Gasteiger partial charge < -0.3 is 19.5 Å². The molecule has 1 fully saturated rings. The zero-order chi connectivity index (χ0) is 18.8. The normalized spacial score (nSPS) is 14.7. The van der Waals surface area contributed by atoms with Crippen molar-refractivity contribution in [3.8, 4) is 0 Å². The largest absolute Gasteiger partial charge is 0.378 e. The maximum Gasteiger partial charge on any atom is 0.251 e. The van der Waals surface area contributed by atoms with Gasteiger partial charge in [0.2, 0.25) is 5.95 Å². The van der Waals surface area contributed by atoms with Crippen molar-refractivity contribution in [1.82, 2.24) is 30.0 Å². The Labute approximate surface area is 156 Å². The number of aryl methyl sites for hydroxylation is 2. The molecule has 9 nitrogen and oxygen atoms in total. The fraction of sp³-hybridized carbons (Fsp3) is 0.444. The van der Waals surface area contributed by atoms with Crippen molar-refractivity contribution >= 4 is 22.9 Å². The quantitative estimate of drug-likeness (QED) is 0.690. The molecule has 0 aliphatic carbocycles. The van der Waals surface area contributed by atoms with E-state index in [0.717, 1.165) is 35.9 Å². The summed E-state index contributed by atoms with van der Waals surface area (Å²) in [5.41, 5.74) is 2.42. The number of H-pyrrole nitrogens is 1. The number of morpholine rings is 1. The lowest BCUT2D eigenvalue weighted by molar-refractivity contribution is 0.0954. The third-order valence-corrected chi connectivity index (χ3v) is 4.69. The highest BCUT2D eigenvalue weighted by Crippen LogP contribution is 2.23. The van der Waals surface area contributed by atoms with Gasteiger partial charge in [0.05, 0.1) is 24.2 Å². The summed E-state index contributed by atoms with van der Waals surface area (Å²) in [7, 11) is 2.00. The number of fused-ring (bicyclic) bond motifs is 1. The van der Waals surface area contributed by atoms with Gasteiger partial charge in [-0.1, -0.05) is 0 Å². The molecule has 27 heavy (non-hydrogen) atoms. The molecule has 0 bridgehead atoms. The Morgan fingerprint density at radius 2 is 2.11 bits per heavy atom. The number of hydrogen-bond donors (Lipinski definition) is 2. The van der Waals surface area contributed by atoms with Crippen molar-refractivity contribution in [2.24, 2.45) is 7.05 Å². The molecule has 1 saturated heterocycles. The Bertz CT molecular complexity index is 956. The molecule has 1 amide bonds. The smallest absolute Gasteiger partial charge is 0.251 e. The summed E-state index contributed by atoms with van der Waals surface area (Å²) >= 11 is 0. The molecule has 4 rings (SSSR count). The first-order valence-electron chi connectivity index (χ1n) is 9.07. The first kappa shape index (κ1) is 17.5. The van der Waals surface area contributed by atoms with Crippen molar-refractivity contribution in [3.63, 3.8) is 0 Å². The van der Waals surface area contributed by atoms with Crippen LogP contribution in [0.4, 0.5) is 5.95 Å². The van der Waals surface area contributed by atoms with Gasteiger partial charge in [0.15, 0.2) is 5.82 Å². The molecule has 1 aliphatic rings. The van der Waals surface area contributed by atoms with E-state index in [1.165, 1.54) is 0 Å². The van der Waals surface area contributed by atoms with Crippen molar-refractivity contribution in [1.29, 1.82) is 0 Å². The monoisotopic (exact) mass is 369 g/mol. The number of hydrogen-bond acceptors (Lipinski definition) is 6. The van der Waals surface area contributed by atoms with E-state index in [4.69, 9.17) is 9.72 Å². The van der Waals surface area contributed by atoms with Crippen LogP contribution in [0.15, 0.2) is 18.2 Å². The Hall–Kier alpha value is -2.94. The summed E-state index contributed by atoms with van der Waals surface area (Å²) in [6.07, 6.45) is 0.586. The molecule has 0 atom stereocenters. The molecule has 2 N–H and O–H groups in total. The number of imidazole rings is 1. The fourth-order valence-corrected chi connectivity index (χ4v) is 3.27. The summed E-state index contributed by atoms with van der Waals surface area (Å²) in [5.74, 6) is 2.25. The molecule has 0 radical (unpaired) electrons. The molecule has 3 heterocycles. The van der Waals surface area contributed by atoms with Crippen LogP contribution in [0.2, 0.25) is 0 Å². The average Bonchev–Trinajstić information content (AvgIpc) is 3.25. The molecule has 1 aliphatic heterocycles. The number of nitrogens with zero attached hydrogens (tertiary/aromatic N) is 5. The molecule has 142 valence electrons. The van der Waals surface area contributed by atoms with Crippen LogP contribution in [0.1, 0.15) is 22.0 Å².